The molecule has 21 heavy (non-hydrogen) atoms. The molecule has 0 saturated heterocycles. The van der Waals surface area contributed by atoms with Crippen molar-refractivity contribution in [3.05, 3.63) is 35.7 Å². The first-order valence-corrected chi connectivity index (χ1v) is 8.13. The van der Waals surface area contributed by atoms with Gasteiger partial charge in [-0.15, -0.1) is 0 Å². The zero-order valence-electron chi connectivity index (χ0n) is 12.8. The van der Waals surface area contributed by atoms with Crippen molar-refractivity contribution in [3.8, 4) is 11.3 Å². The third-order valence-electron chi connectivity index (χ3n) is 4.67. The van der Waals surface area contributed by atoms with Gasteiger partial charge in [-0.25, -0.2) is 4.98 Å². The number of aromatic nitrogens is 2. The van der Waals surface area contributed by atoms with Crippen molar-refractivity contribution in [2.75, 3.05) is 5.73 Å². The van der Waals surface area contributed by atoms with Crippen LogP contribution in [0.5, 0.6) is 0 Å². The second-order valence-corrected chi connectivity index (χ2v) is 6.80. The van der Waals surface area contributed by atoms with E-state index >= 15 is 0 Å². The molecule has 2 aromatic rings. The van der Waals surface area contributed by atoms with E-state index in [1.54, 1.807) is 0 Å². The highest BCUT2D eigenvalue weighted by Gasteiger charge is 2.33. The van der Waals surface area contributed by atoms with Crippen LogP contribution in [-0.4, -0.2) is 9.55 Å². The lowest BCUT2D eigenvalue weighted by atomic mass is 10.0. The quantitative estimate of drug-likeness (QED) is 0.898. The molecule has 2 fully saturated rings. The zero-order valence-corrected chi connectivity index (χ0v) is 12.8. The number of nitrogens with two attached hydrogens (primary N) is 1. The lowest BCUT2D eigenvalue weighted by molar-refractivity contribution is 0.576. The van der Waals surface area contributed by atoms with Gasteiger partial charge in [0, 0.05) is 17.5 Å². The Labute approximate surface area is 126 Å². The second-order valence-electron chi connectivity index (χ2n) is 6.80. The van der Waals surface area contributed by atoms with Crippen LogP contribution in [0.1, 0.15) is 68.8 Å². The van der Waals surface area contributed by atoms with Crippen LogP contribution in [0.3, 0.4) is 0 Å². The molecule has 0 amide bonds. The minimum atomic E-state index is 0.370. The Balaban J connectivity index is 1.87. The largest absolute Gasteiger partial charge is 0.383 e. The molecule has 0 bridgehead atoms. The van der Waals surface area contributed by atoms with E-state index in [1.807, 2.05) is 0 Å². The number of hydrogen-bond acceptors (Lipinski definition) is 2. The highest BCUT2D eigenvalue weighted by molar-refractivity contribution is 5.75. The fourth-order valence-electron chi connectivity index (χ4n) is 3.30. The van der Waals surface area contributed by atoms with Gasteiger partial charge in [0.15, 0.2) is 0 Å². The van der Waals surface area contributed by atoms with Crippen LogP contribution in [0.4, 0.5) is 5.82 Å². The molecule has 0 unspecified atom stereocenters. The first kappa shape index (κ1) is 12.9. The standard InChI is InChI=1S/C18H23N3/c1-11(2)21-17(19)16(20-18(21)13-9-10-13)15-6-4-3-5-14(15)12-7-8-12/h3-6,11-13H,7-10,19H2,1-2H3. The van der Waals surface area contributed by atoms with Crippen LogP contribution in [0, 0.1) is 0 Å². The van der Waals surface area contributed by atoms with Crippen molar-refractivity contribution in [1.82, 2.24) is 9.55 Å². The normalized spacial score (nSPS) is 18.4. The molecule has 2 aliphatic rings. The Hall–Kier alpha value is -1.77. The van der Waals surface area contributed by atoms with E-state index in [4.69, 9.17) is 10.7 Å². The number of imidazole rings is 1. The van der Waals surface area contributed by atoms with Crippen LogP contribution >= 0.6 is 0 Å². The van der Waals surface area contributed by atoms with E-state index in [0.29, 0.717) is 17.9 Å². The highest BCUT2D eigenvalue weighted by atomic mass is 15.2. The number of hydrogen-bond donors (Lipinski definition) is 1. The molecule has 110 valence electrons. The molecular formula is C18H23N3. The van der Waals surface area contributed by atoms with Crippen LogP contribution in [0.25, 0.3) is 11.3 Å². The first-order chi connectivity index (χ1) is 10.2. The monoisotopic (exact) mass is 281 g/mol. The third-order valence-corrected chi connectivity index (χ3v) is 4.67. The zero-order chi connectivity index (χ0) is 14.6. The molecule has 0 atom stereocenters. The van der Waals surface area contributed by atoms with Gasteiger partial charge in [0.1, 0.15) is 17.3 Å². The molecule has 4 rings (SSSR count). The van der Waals surface area contributed by atoms with Crippen molar-refractivity contribution >= 4 is 5.82 Å². The number of rotatable bonds is 4. The summed E-state index contributed by atoms with van der Waals surface area (Å²) in [4.78, 5) is 4.97. The van der Waals surface area contributed by atoms with Gasteiger partial charge in [0.05, 0.1) is 0 Å². The van der Waals surface area contributed by atoms with Crippen LogP contribution < -0.4 is 5.73 Å². The maximum atomic E-state index is 6.49. The number of benzene rings is 1. The van der Waals surface area contributed by atoms with E-state index in [9.17, 15) is 0 Å². The Morgan fingerprint density at radius 2 is 1.76 bits per heavy atom. The van der Waals surface area contributed by atoms with Gasteiger partial charge < -0.3 is 10.3 Å². The van der Waals surface area contributed by atoms with Crippen LogP contribution in [0.2, 0.25) is 0 Å². The van der Waals surface area contributed by atoms with Gasteiger partial charge in [-0.3, -0.25) is 0 Å². The molecule has 3 nitrogen and oxygen atoms in total. The molecular weight excluding hydrogens is 258 g/mol. The second kappa shape index (κ2) is 4.62. The van der Waals surface area contributed by atoms with Crippen molar-refractivity contribution in [2.45, 2.75) is 57.4 Å². The maximum Gasteiger partial charge on any atom is 0.131 e. The average molecular weight is 281 g/mol. The fourth-order valence-corrected chi connectivity index (χ4v) is 3.30. The summed E-state index contributed by atoms with van der Waals surface area (Å²) in [6, 6.07) is 9.04. The van der Waals surface area contributed by atoms with Crippen LogP contribution in [0.15, 0.2) is 24.3 Å². The Bertz CT molecular complexity index is 676. The molecule has 0 spiro atoms. The lowest BCUT2D eigenvalue weighted by Crippen LogP contribution is -2.09. The predicted molar refractivity (Wildman–Crippen MR) is 86.4 cm³/mol. The molecule has 1 heterocycles. The van der Waals surface area contributed by atoms with E-state index in [-0.39, 0.29) is 0 Å². The summed E-state index contributed by atoms with van der Waals surface area (Å²) in [6.07, 6.45) is 5.12. The van der Waals surface area contributed by atoms with Crippen molar-refractivity contribution < 1.29 is 0 Å². The van der Waals surface area contributed by atoms with Gasteiger partial charge in [-0.05, 0) is 51.0 Å². The van der Waals surface area contributed by atoms with Gasteiger partial charge >= 0.3 is 0 Å². The van der Waals surface area contributed by atoms with E-state index < -0.39 is 0 Å². The molecule has 1 aromatic heterocycles. The molecule has 1 aromatic carbocycles. The van der Waals surface area contributed by atoms with Gasteiger partial charge in [0.2, 0.25) is 0 Å². The summed E-state index contributed by atoms with van der Waals surface area (Å²) in [5.74, 6) is 3.38. The molecule has 2 aliphatic carbocycles. The Kier molecular flexibility index (Phi) is 2.84. The summed E-state index contributed by atoms with van der Waals surface area (Å²) in [5.41, 5.74) is 10.2. The smallest absolute Gasteiger partial charge is 0.131 e. The average Bonchev–Trinajstić information content (AvgIpc) is 3.36. The summed E-state index contributed by atoms with van der Waals surface area (Å²) in [6.45, 7) is 4.39. The van der Waals surface area contributed by atoms with Gasteiger partial charge in [-0.2, -0.15) is 0 Å². The van der Waals surface area contributed by atoms with Gasteiger partial charge in [0.25, 0.3) is 0 Å². The van der Waals surface area contributed by atoms with Crippen molar-refractivity contribution in [3.63, 3.8) is 0 Å². The minimum Gasteiger partial charge on any atom is -0.383 e. The fraction of sp³-hybridized carbons (Fsp3) is 0.500. The third kappa shape index (κ3) is 2.15. The summed E-state index contributed by atoms with van der Waals surface area (Å²) in [7, 11) is 0. The summed E-state index contributed by atoms with van der Waals surface area (Å²) >= 11 is 0. The Morgan fingerprint density at radius 1 is 1.10 bits per heavy atom. The molecule has 2 saturated carbocycles. The molecule has 0 radical (unpaired) electrons. The first-order valence-electron chi connectivity index (χ1n) is 8.13. The maximum absolute atomic E-state index is 6.49. The Morgan fingerprint density at radius 3 is 2.38 bits per heavy atom. The molecule has 2 N–H and O–H groups in total. The predicted octanol–water partition coefficient (Wildman–Crippen LogP) is 4.47. The topological polar surface area (TPSA) is 43.8 Å². The highest BCUT2D eigenvalue weighted by Crippen LogP contribution is 2.47. The van der Waals surface area contributed by atoms with E-state index in [2.05, 4.69) is 42.7 Å². The number of nitrogen functional groups attached to an aromatic ring is 1. The SMILES string of the molecule is CC(C)n1c(C2CC2)nc(-c2ccccc2C2CC2)c1N. The molecule has 3 heteroatoms. The van der Waals surface area contributed by atoms with Crippen LogP contribution in [-0.2, 0) is 0 Å². The van der Waals surface area contributed by atoms with E-state index in [1.165, 1.54) is 42.6 Å². The number of nitrogens with zero attached hydrogens (tertiary/aromatic N) is 2. The lowest BCUT2D eigenvalue weighted by Gasteiger charge is -2.13. The van der Waals surface area contributed by atoms with Crippen molar-refractivity contribution in [1.29, 1.82) is 0 Å². The molecule has 0 aliphatic heterocycles. The summed E-state index contributed by atoms with van der Waals surface area (Å²) in [5, 5.41) is 0. The van der Waals surface area contributed by atoms with Crippen molar-refractivity contribution in [2.24, 2.45) is 0 Å². The van der Waals surface area contributed by atoms with E-state index in [0.717, 1.165) is 11.5 Å². The van der Waals surface area contributed by atoms with Gasteiger partial charge in [-0.1, -0.05) is 24.3 Å². The number of anilines is 1. The summed E-state index contributed by atoms with van der Waals surface area (Å²) < 4.78 is 2.25. The minimum absolute atomic E-state index is 0.370.